The molecule has 2 aromatic carbocycles. The monoisotopic (exact) mass is 451 g/mol. The van der Waals surface area contributed by atoms with E-state index < -0.39 is 0 Å². The third-order valence-electron chi connectivity index (χ3n) is 5.89. The van der Waals surface area contributed by atoms with Gasteiger partial charge in [-0.3, -0.25) is 4.79 Å². The van der Waals surface area contributed by atoms with Gasteiger partial charge in [0.2, 0.25) is 0 Å². The van der Waals surface area contributed by atoms with Gasteiger partial charge in [0, 0.05) is 11.3 Å². The number of furan rings is 1. The number of hydrogen-bond donors (Lipinski definition) is 2. The van der Waals surface area contributed by atoms with Gasteiger partial charge in [-0.1, -0.05) is 0 Å². The van der Waals surface area contributed by atoms with Gasteiger partial charge < -0.3 is 19.0 Å². The summed E-state index contributed by atoms with van der Waals surface area (Å²) in [6, 6.07) is 14.2. The summed E-state index contributed by atoms with van der Waals surface area (Å²) in [5, 5.41) is 4.08. The van der Waals surface area contributed by atoms with E-state index in [9.17, 15) is 9.18 Å². The minimum absolute atomic E-state index is 0.213. The number of aryl methyl sites for hydroxylation is 1. The van der Waals surface area contributed by atoms with E-state index in [0.717, 1.165) is 55.3 Å². The number of methoxy groups -OCH3 is 1. The molecule has 3 aromatic rings. The summed E-state index contributed by atoms with van der Waals surface area (Å²) in [4.78, 5) is 15.9. The lowest BCUT2D eigenvalue weighted by Crippen LogP contribution is -3.13. The van der Waals surface area contributed by atoms with Crippen LogP contribution in [0.1, 0.15) is 27.2 Å². The first kappa shape index (κ1) is 22.5. The predicted molar refractivity (Wildman–Crippen MR) is 125 cm³/mol. The smallest absolute Gasteiger partial charge is 0.274 e. The number of carbonyl (C=O) groups excluding carboxylic acids is 1. The first-order chi connectivity index (χ1) is 16.0. The van der Waals surface area contributed by atoms with Crippen molar-refractivity contribution in [1.29, 1.82) is 0 Å². The van der Waals surface area contributed by atoms with Crippen molar-refractivity contribution in [1.82, 2.24) is 5.43 Å². The van der Waals surface area contributed by atoms with Crippen LogP contribution < -0.4 is 20.0 Å². The second-order valence-electron chi connectivity index (χ2n) is 8.05. The van der Waals surface area contributed by atoms with E-state index in [1.54, 1.807) is 26.3 Å². The highest BCUT2D eigenvalue weighted by molar-refractivity contribution is 5.95. The maximum Gasteiger partial charge on any atom is 0.274 e. The number of amides is 1. The van der Waals surface area contributed by atoms with Crippen molar-refractivity contribution < 1.29 is 23.2 Å². The van der Waals surface area contributed by atoms with Crippen molar-refractivity contribution >= 4 is 17.8 Å². The van der Waals surface area contributed by atoms with Gasteiger partial charge in [-0.25, -0.2) is 9.82 Å². The fourth-order valence-corrected chi connectivity index (χ4v) is 4.04. The first-order valence-electron chi connectivity index (χ1n) is 10.9. The molecule has 1 aromatic heterocycles. The van der Waals surface area contributed by atoms with E-state index in [2.05, 4.69) is 15.4 Å². The number of hydrazone groups is 1. The third kappa shape index (κ3) is 5.59. The van der Waals surface area contributed by atoms with Crippen LogP contribution in [-0.4, -0.2) is 45.4 Å². The number of carbonyl (C=O) groups is 1. The lowest BCUT2D eigenvalue weighted by Gasteiger charge is -2.34. The molecule has 2 N–H and O–H groups in total. The van der Waals surface area contributed by atoms with Gasteiger partial charge in [-0.05, 0) is 61.0 Å². The van der Waals surface area contributed by atoms with Crippen LogP contribution in [0.5, 0.6) is 5.75 Å². The molecule has 0 unspecified atom stereocenters. The Kier molecular flexibility index (Phi) is 7.04. The normalized spacial score (nSPS) is 14.6. The Labute approximate surface area is 192 Å². The van der Waals surface area contributed by atoms with Gasteiger partial charge in [-0.2, -0.15) is 5.10 Å². The zero-order valence-corrected chi connectivity index (χ0v) is 18.8. The summed E-state index contributed by atoms with van der Waals surface area (Å²) in [6.07, 6.45) is 3.10. The van der Waals surface area contributed by atoms with Gasteiger partial charge in [0.05, 0.1) is 51.3 Å². The van der Waals surface area contributed by atoms with Gasteiger partial charge in [0.25, 0.3) is 5.91 Å². The van der Waals surface area contributed by atoms with Gasteiger partial charge in [-0.15, -0.1) is 0 Å². The van der Waals surface area contributed by atoms with Gasteiger partial charge >= 0.3 is 0 Å². The largest absolute Gasteiger partial charge is 0.496 e. The van der Waals surface area contributed by atoms with E-state index in [1.165, 1.54) is 23.3 Å². The maximum absolute atomic E-state index is 13.2. The van der Waals surface area contributed by atoms with E-state index in [4.69, 9.17) is 9.15 Å². The van der Waals surface area contributed by atoms with Crippen molar-refractivity contribution in [2.75, 3.05) is 38.2 Å². The van der Waals surface area contributed by atoms with Crippen LogP contribution in [0, 0.1) is 12.7 Å². The predicted octanol–water partition coefficient (Wildman–Crippen LogP) is 2.40. The van der Waals surface area contributed by atoms with Crippen molar-refractivity contribution in [3.63, 3.8) is 0 Å². The van der Waals surface area contributed by atoms with E-state index in [-0.39, 0.29) is 11.7 Å². The maximum atomic E-state index is 13.2. The lowest BCUT2D eigenvalue weighted by molar-refractivity contribution is -0.914. The number of rotatable bonds is 7. The molecule has 4 rings (SSSR count). The number of benzene rings is 2. The van der Waals surface area contributed by atoms with Gasteiger partial charge in [0.1, 0.15) is 23.9 Å². The minimum Gasteiger partial charge on any atom is -0.496 e. The quantitative estimate of drug-likeness (QED) is 0.428. The summed E-state index contributed by atoms with van der Waals surface area (Å²) in [6.45, 7) is 6.31. The Hall–Kier alpha value is -3.65. The van der Waals surface area contributed by atoms with Crippen LogP contribution in [0.2, 0.25) is 0 Å². The Morgan fingerprint density at radius 1 is 1.21 bits per heavy atom. The van der Waals surface area contributed by atoms with Crippen LogP contribution in [0.3, 0.4) is 0 Å². The second-order valence-corrected chi connectivity index (χ2v) is 8.05. The molecule has 1 fully saturated rings. The third-order valence-corrected chi connectivity index (χ3v) is 5.89. The van der Waals surface area contributed by atoms with Crippen LogP contribution >= 0.6 is 0 Å². The fourth-order valence-electron chi connectivity index (χ4n) is 4.04. The molecule has 172 valence electrons. The zero-order chi connectivity index (χ0) is 23.2. The Balaban J connectivity index is 1.36. The Bertz CT molecular complexity index is 1120. The highest BCUT2D eigenvalue weighted by Gasteiger charge is 2.21. The minimum atomic E-state index is -0.310. The number of anilines is 1. The molecule has 0 saturated carbocycles. The highest BCUT2D eigenvalue weighted by atomic mass is 19.1. The number of piperazine rings is 1. The highest BCUT2D eigenvalue weighted by Crippen LogP contribution is 2.19. The van der Waals surface area contributed by atoms with Crippen molar-refractivity contribution in [3.8, 4) is 5.75 Å². The fraction of sp³-hybridized carbons (Fsp3) is 0.280. The molecule has 8 heteroatoms. The topological polar surface area (TPSA) is 71.5 Å². The Morgan fingerprint density at radius 2 is 1.97 bits per heavy atom. The number of halogens is 1. The summed E-state index contributed by atoms with van der Waals surface area (Å²) in [5.74, 6) is 0.861. The molecule has 1 amide bonds. The second kappa shape index (κ2) is 10.3. The molecular formula is C25H28FN4O3+. The van der Waals surface area contributed by atoms with Crippen LogP contribution in [0.25, 0.3) is 0 Å². The number of quaternary nitrogens is 1. The van der Waals surface area contributed by atoms with E-state index >= 15 is 0 Å². The Morgan fingerprint density at radius 3 is 2.64 bits per heavy atom. The van der Waals surface area contributed by atoms with Crippen molar-refractivity contribution in [2.45, 2.75) is 13.5 Å². The summed E-state index contributed by atoms with van der Waals surface area (Å²) >= 11 is 0. The molecule has 0 bridgehead atoms. The van der Waals surface area contributed by atoms with E-state index in [0.29, 0.717) is 11.3 Å². The van der Waals surface area contributed by atoms with E-state index in [1.807, 2.05) is 30.3 Å². The molecule has 7 nitrogen and oxygen atoms in total. The zero-order valence-electron chi connectivity index (χ0n) is 18.8. The summed E-state index contributed by atoms with van der Waals surface area (Å²) in [5.41, 5.74) is 6.01. The summed E-state index contributed by atoms with van der Waals surface area (Å²) < 4.78 is 23.9. The number of hydrogen-bond acceptors (Lipinski definition) is 5. The standard InChI is InChI=1S/C25H27FN4O3/c1-18-23(9-14-33-18)25(31)28-27-16-19-3-8-24(32-2)20(15-19)17-29-10-12-30(13-11-29)22-6-4-21(26)5-7-22/h3-9,14-16H,10-13,17H2,1-2H3,(H,28,31)/p+1. The molecule has 1 aliphatic rings. The molecule has 0 aliphatic carbocycles. The van der Waals surface area contributed by atoms with Gasteiger partial charge in [0.15, 0.2) is 0 Å². The lowest BCUT2D eigenvalue weighted by atomic mass is 10.1. The molecule has 33 heavy (non-hydrogen) atoms. The molecule has 2 heterocycles. The van der Waals surface area contributed by atoms with Crippen LogP contribution in [0.4, 0.5) is 10.1 Å². The first-order valence-corrected chi connectivity index (χ1v) is 10.9. The molecule has 0 spiro atoms. The number of nitrogens with zero attached hydrogens (tertiary/aromatic N) is 2. The average molecular weight is 452 g/mol. The van der Waals surface area contributed by atoms with Crippen LogP contribution in [-0.2, 0) is 6.54 Å². The SMILES string of the molecule is COc1ccc(C=NNC(=O)c2ccoc2C)cc1C[NH+]1CCN(c2ccc(F)cc2)CC1. The summed E-state index contributed by atoms with van der Waals surface area (Å²) in [7, 11) is 1.67. The molecule has 0 atom stereocenters. The van der Waals surface area contributed by atoms with Crippen molar-refractivity contribution in [2.24, 2.45) is 5.10 Å². The molecule has 1 saturated heterocycles. The van der Waals surface area contributed by atoms with Crippen LogP contribution in [0.15, 0.2) is 64.3 Å². The number of nitrogens with one attached hydrogen (secondary N) is 2. The molecule has 1 aliphatic heterocycles. The molecule has 0 radical (unpaired) electrons. The molecular weight excluding hydrogens is 423 g/mol. The van der Waals surface area contributed by atoms with Crippen molar-refractivity contribution in [3.05, 3.63) is 83.1 Å². The number of ether oxygens (including phenoxy) is 1. The average Bonchev–Trinajstić information content (AvgIpc) is 3.26.